The fourth-order valence-corrected chi connectivity index (χ4v) is 4.19. The van der Waals surface area contributed by atoms with Crippen molar-refractivity contribution in [3.63, 3.8) is 0 Å². The molecule has 1 aliphatic rings. The molecule has 0 bridgehead atoms. The fourth-order valence-electron chi connectivity index (χ4n) is 3.97. The third kappa shape index (κ3) is 6.30. The Morgan fingerprint density at radius 2 is 1.81 bits per heavy atom. The van der Waals surface area contributed by atoms with Crippen molar-refractivity contribution in [3.8, 4) is 5.75 Å². The predicted molar refractivity (Wildman–Crippen MR) is 135 cm³/mol. The number of benzene rings is 3. The van der Waals surface area contributed by atoms with Crippen molar-refractivity contribution < 1.29 is 32.2 Å². The Kier molecular flexibility index (Phi) is 7.55. The molecule has 0 aliphatic heterocycles. The quantitative estimate of drug-likeness (QED) is 0.326. The fraction of sp³-hybridized carbons (Fsp3) is 0.138. The van der Waals surface area contributed by atoms with E-state index in [1.165, 1.54) is 30.3 Å². The number of carboxylic acids is 1. The average molecular weight is 529 g/mol. The molecular formula is C29H21ClF4O3. The molecule has 1 aliphatic carbocycles. The molecule has 0 fully saturated rings. The zero-order valence-corrected chi connectivity index (χ0v) is 20.3. The van der Waals surface area contributed by atoms with Crippen LogP contribution in [0.2, 0.25) is 5.02 Å². The summed E-state index contributed by atoms with van der Waals surface area (Å²) >= 11 is 6.09. The summed E-state index contributed by atoms with van der Waals surface area (Å²) in [6.45, 7) is 1.77. The Hall–Kier alpha value is -3.84. The maximum atomic E-state index is 13.6. The monoisotopic (exact) mass is 528 g/mol. The number of hydrogen-bond donors (Lipinski definition) is 1. The van der Waals surface area contributed by atoms with Crippen LogP contribution in [0.25, 0.3) is 11.1 Å². The van der Waals surface area contributed by atoms with E-state index in [-0.39, 0.29) is 34.9 Å². The van der Waals surface area contributed by atoms with Gasteiger partial charge in [-0.05, 0) is 72.5 Å². The van der Waals surface area contributed by atoms with Crippen molar-refractivity contribution >= 4 is 28.7 Å². The van der Waals surface area contributed by atoms with Gasteiger partial charge in [-0.3, -0.25) is 0 Å². The highest BCUT2D eigenvalue weighted by molar-refractivity contribution is 6.31. The molecule has 8 heteroatoms. The molecule has 0 heterocycles. The molecule has 0 spiro atoms. The highest BCUT2D eigenvalue weighted by Crippen LogP contribution is 2.40. The molecular weight excluding hydrogens is 508 g/mol. The molecule has 3 aromatic rings. The average Bonchev–Trinajstić information content (AvgIpc) is 3.04. The van der Waals surface area contributed by atoms with Crippen LogP contribution in [0.5, 0.6) is 5.75 Å². The second kappa shape index (κ2) is 10.6. The van der Waals surface area contributed by atoms with Gasteiger partial charge in [-0.25, -0.2) is 9.18 Å². The summed E-state index contributed by atoms with van der Waals surface area (Å²) in [5, 5.41) is 9.52. The summed E-state index contributed by atoms with van der Waals surface area (Å²) < 4.78 is 60.2. The molecule has 0 saturated heterocycles. The van der Waals surface area contributed by atoms with E-state index in [9.17, 15) is 27.5 Å². The first-order chi connectivity index (χ1) is 17.5. The summed E-state index contributed by atoms with van der Waals surface area (Å²) in [7, 11) is 0. The predicted octanol–water partition coefficient (Wildman–Crippen LogP) is 8.59. The van der Waals surface area contributed by atoms with Crippen molar-refractivity contribution in [2.45, 2.75) is 26.1 Å². The number of carbonyl (C=O) groups is 1. The Morgan fingerprint density at radius 3 is 2.51 bits per heavy atom. The van der Waals surface area contributed by atoms with Gasteiger partial charge in [0.2, 0.25) is 0 Å². The smallest absolute Gasteiger partial charge is 0.416 e. The minimum Gasteiger partial charge on any atom is -0.488 e. The van der Waals surface area contributed by atoms with E-state index >= 15 is 0 Å². The summed E-state index contributed by atoms with van der Waals surface area (Å²) in [6, 6.07) is 13.4. The molecule has 0 radical (unpaired) electrons. The van der Waals surface area contributed by atoms with Crippen LogP contribution in [0, 0.1) is 5.82 Å². The molecule has 3 nitrogen and oxygen atoms in total. The van der Waals surface area contributed by atoms with Crippen LogP contribution >= 0.6 is 11.6 Å². The zero-order valence-electron chi connectivity index (χ0n) is 19.6. The third-order valence-corrected chi connectivity index (χ3v) is 6.21. The van der Waals surface area contributed by atoms with Gasteiger partial charge in [-0.1, -0.05) is 53.6 Å². The second-order valence-electron chi connectivity index (χ2n) is 8.57. The van der Waals surface area contributed by atoms with Gasteiger partial charge in [0.15, 0.2) is 0 Å². The molecule has 4 rings (SSSR count). The summed E-state index contributed by atoms with van der Waals surface area (Å²) in [6.07, 6.45) is 1.04. The summed E-state index contributed by atoms with van der Waals surface area (Å²) in [4.78, 5) is 11.5. The molecule has 0 unspecified atom stereocenters. The lowest BCUT2D eigenvalue weighted by atomic mass is 9.92. The van der Waals surface area contributed by atoms with E-state index in [1.807, 2.05) is 13.0 Å². The van der Waals surface area contributed by atoms with Crippen LogP contribution in [-0.4, -0.2) is 11.1 Å². The van der Waals surface area contributed by atoms with Gasteiger partial charge in [0.25, 0.3) is 0 Å². The first kappa shape index (κ1) is 26.2. The molecule has 1 N–H and O–H groups in total. The maximum absolute atomic E-state index is 13.6. The SMILES string of the molecule is CC1=CC=C(c2cc(C(F)(F)F)ccc2OCc2ccc(F)cc2Cl)CC(c2cccc(C(=O)O)c2)=C1. The largest absolute Gasteiger partial charge is 0.488 e. The number of carboxylic acid groups (broad SMARTS) is 1. The lowest BCUT2D eigenvalue weighted by Crippen LogP contribution is -2.07. The van der Waals surface area contributed by atoms with Gasteiger partial charge in [-0.15, -0.1) is 0 Å². The topological polar surface area (TPSA) is 46.5 Å². The Morgan fingerprint density at radius 1 is 1.03 bits per heavy atom. The highest BCUT2D eigenvalue weighted by atomic mass is 35.5. The second-order valence-corrected chi connectivity index (χ2v) is 8.98. The van der Waals surface area contributed by atoms with Crippen LogP contribution < -0.4 is 4.74 Å². The normalized spacial score (nSPS) is 13.8. The highest BCUT2D eigenvalue weighted by Gasteiger charge is 2.31. The van der Waals surface area contributed by atoms with Crippen molar-refractivity contribution in [3.05, 3.63) is 123 Å². The Balaban J connectivity index is 1.74. The lowest BCUT2D eigenvalue weighted by Gasteiger charge is -2.18. The van der Waals surface area contributed by atoms with E-state index in [0.717, 1.165) is 29.3 Å². The number of halogens is 5. The van der Waals surface area contributed by atoms with E-state index in [1.54, 1.807) is 24.3 Å². The van der Waals surface area contributed by atoms with Crippen LogP contribution in [-0.2, 0) is 12.8 Å². The molecule has 0 aromatic heterocycles. The van der Waals surface area contributed by atoms with E-state index in [4.69, 9.17) is 16.3 Å². The van der Waals surface area contributed by atoms with Crippen molar-refractivity contribution in [2.75, 3.05) is 0 Å². The number of hydrogen-bond acceptors (Lipinski definition) is 2. The summed E-state index contributed by atoms with van der Waals surface area (Å²) in [5.74, 6) is -1.39. The van der Waals surface area contributed by atoms with E-state index in [2.05, 4.69) is 0 Å². The molecule has 37 heavy (non-hydrogen) atoms. The van der Waals surface area contributed by atoms with Crippen molar-refractivity contribution in [1.82, 2.24) is 0 Å². The number of rotatable bonds is 6. The molecule has 3 aromatic carbocycles. The van der Waals surface area contributed by atoms with Gasteiger partial charge in [0, 0.05) is 11.1 Å². The van der Waals surface area contributed by atoms with Crippen LogP contribution in [0.15, 0.2) is 84.5 Å². The molecule has 0 amide bonds. The van der Waals surface area contributed by atoms with Gasteiger partial charge in [0.1, 0.15) is 18.2 Å². The standard InChI is InChI=1S/C29H21ClF4O3/c1-17-5-6-19(13-22(11-17)18-3-2-4-20(12-18)28(35)36)25-14-23(29(32,33)34)8-10-27(25)37-16-21-7-9-24(31)15-26(21)30/h2-12,14-15H,13,16H2,1H3,(H,35,36). The Bertz CT molecular complexity index is 1450. The zero-order chi connectivity index (χ0) is 26.7. The first-order valence-electron chi connectivity index (χ1n) is 11.2. The lowest BCUT2D eigenvalue weighted by molar-refractivity contribution is -0.137. The Labute approximate surface area is 216 Å². The van der Waals surface area contributed by atoms with E-state index < -0.39 is 23.5 Å². The van der Waals surface area contributed by atoms with Gasteiger partial charge >= 0.3 is 12.1 Å². The minimum absolute atomic E-state index is 0.0804. The number of ether oxygens (including phenoxy) is 1. The number of alkyl halides is 3. The van der Waals surface area contributed by atoms with Gasteiger partial charge in [-0.2, -0.15) is 13.2 Å². The van der Waals surface area contributed by atoms with Gasteiger partial charge in [0.05, 0.1) is 16.1 Å². The van der Waals surface area contributed by atoms with Crippen molar-refractivity contribution in [2.24, 2.45) is 0 Å². The molecule has 0 atom stereocenters. The van der Waals surface area contributed by atoms with Gasteiger partial charge < -0.3 is 9.84 Å². The summed E-state index contributed by atoms with van der Waals surface area (Å²) in [5.41, 5.74) is 2.77. The molecule has 0 saturated carbocycles. The minimum atomic E-state index is -4.57. The molecule has 190 valence electrons. The van der Waals surface area contributed by atoms with Crippen LogP contribution in [0.4, 0.5) is 17.6 Å². The van der Waals surface area contributed by atoms with Crippen LogP contribution in [0.1, 0.15) is 46.0 Å². The van der Waals surface area contributed by atoms with Crippen LogP contribution in [0.3, 0.4) is 0 Å². The van der Waals surface area contributed by atoms with Crippen molar-refractivity contribution in [1.29, 1.82) is 0 Å². The third-order valence-electron chi connectivity index (χ3n) is 5.86. The first-order valence-corrected chi connectivity index (χ1v) is 11.6. The number of aromatic carboxylic acids is 1. The van der Waals surface area contributed by atoms with E-state index in [0.29, 0.717) is 16.7 Å². The maximum Gasteiger partial charge on any atom is 0.416 e. The number of allylic oxidation sites excluding steroid dienone is 6.